The molecule has 0 saturated heterocycles. The quantitative estimate of drug-likeness (QED) is 0.473. The Hall–Kier alpha value is -1.46. The molecule has 0 unspecified atom stereocenters. The molecule has 0 atom stereocenters. The number of rotatable bonds is 4. The minimum Gasteiger partial charge on any atom is -0.505 e. The van der Waals surface area contributed by atoms with Gasteiger partial charge in [0.05, 0.1) is 7.11 Å². The van der Waals surface area contributed by atoms with E-state index in [2.05, 4.69) is 6.58 Å². The molecule has 0 aliphatic rings. The highest BCUT2D eigenvalue weighted by molar-refractivity contribution is 6.59. The number of benzene rings is 1. The minimum atomic E-state index is -1.72. The van der Waals surface area contributed by atoms with Crippen LogP contribution in [0.15, 0.2) is 24.8 Å². The lowest BCUT2D eigenvalue weighted by Crippen LogP contribution is -2.30. The number of phenolic OH excluding ortho intramolecular Hbond substituents is 1. The Kier molecular flexibility index (Phi) is 3.77. The van der Waals surface area contributed by atoms with E-state index in [-0.39, 0.29) is 17.0 Å². The summed E-state index contributed by atoms with van der Waals surface area (Å²) in [6.07, 6.45) is 2.25. The summed E-state index contributed by atoms with van der Waals surface area (Å²) in [7, 11) is -0.316. The zero-order valence-corrected chi connectivity index (χ0v) is 8.47. The molecule has 4 nitrogen and oxygen atoms in total. The van der Waals surface area contributed by atoms with Crippen molar-refractivity contribution in [3.63, 3.8) is 0 Å². The second-order valence-corrected chi connectivity index (χ2v) is 3.10. The van der Waals surface area contributed by atoms with Crippen LogP contribution in [-0.2, 0) is 6.42 Å². The largest absolute Gasteiger partial charge is 0.505 e. The lowest BCUT2D eigenvalue weighted by atomic mass is 9.78. The van der Waals surface area contributed by atoms with Crippen molar-refractivity contribution in [2.45, 2.75) is 6.42 Å². The van der Waals surface area contributed by atoms with Crippen molar-refractivity contribution in [3.05, 3.63) is 30.4 Å². The van der Waals surface area contributed by atoms with E-state index in [4.69, 9.17) is 14.8 Å². The van der Waals surface area contributed by atoms with Crippen molar-refractivity contribution in [2.24, 2.45) is 0 Å². The molecule has 0 aromatic heterocycles. The Bertz CT molecular complexity index is 363. The van der Waals surface area contributed by atoms with Crippen molar-refractivity contribution in [1.29, 1.82) is 0 Å². The molecular weight excluding hydrogens is 195 g/mol. The molecule has 15 heavy (non-hydrogen) atoms. The van der Waals surface area contributed by atoms with E-state index >= 15 is 0 Å². The van der Waals surface area contributed by atoms with E-state index in [9.17, 15) is 5.11 Å². The van der Waals surface area contributed by atoms with Gasteiger partial charge in [0, 0.05) is 5.46 Å². The Labute approximate surface area is 88.6 Å². The van der Waals surface area contributed by atoms with Crippen LogP contribution in [0.3, 0.4) is 0 Å². The van der Waals surface area contributed by atoms with Gasteiger partial charge in [-0.15, -0.1) is 6.58 Å². The van der Waals surface area contributed by atoms with Gasteiger partial charge in [-0.1, -0.05) is 12.1 Å². The first-order valence-corrected chi connectivity index (χ1v) is 4.47. The molecule has 0 amide bonds. The SMILES string of the molecule is C=CCc1cc(OC)c(O)c(B(O)O)c1. The first-order chi connectivity index (χ1) is 7.10. The molecule has 0 aliphatic carbocycles. The Morgan fingerprint density at radius 1 is 1.47 bits per heavy atom. The van der Waals surface area contributed by atoms with Gasteiger partial charge in [0.15, 0.2) is 11.5 Å². The van der Waals surface area contributed by atoms with Crippen molar-refractivity contribution in [1.82, 2.24) is 0 Å². The Morgan fingerprint density at radius 3 is 2.60 bits per heavy atom. The third-order valence-corrected chi connectivity index (χ3v) is 2.04. The topological polar surface area (TPSA) is 69.9 Å². The van der Waals surface area contributed by atoms with E-state index in [1.165, 1.54) is 13.2 Å². The Balaban J connectivity index is 3.24. The average molecular weight is 208 g/mol. The summed E-state index contributed by atoms with van der Waals surface area (Å²) in [4.78, 5) is 0. The molecule has 0 spiro atoms. The number of methoxy groups -OCH3 is 1. The molecule has 3 N–H and O–H groups in total. The highest BCUT2D eigenvalue weighted by Gasteiger charge is 2.20. The maximum absolute atomic E-state index is 9.58. The standard InChI is InChI=1S/C10H13BO4/c1-3-4-7-5-8(11(13)14)10(12)9(6-7)15-2/h3,5-6,12-14H,1,4H2,2H3. The van der Waals surface area contributed by atoms with Crippen molar-refractivity contribution < 1.29 is 19.9 Å². The number of ether oxygens (including phenoxy) is 1. The number of hydrogen-bond acceptors (Lipinski definition) is 4. The molecule has 1 aromatic carbocycles. The third-order valence-electron chi connectivity index (χ3n) is 2.04. The van der Waals surface area contributed by atoms with Gasteiger partial charge in [0.2, 0.25) is 0 Å². The van der Waals surface area contributed by atoms with E-state index in [1.54, 1.807) is 12.1 Å². The van der Waals surface area contributed by atoms with E-state index in [0.717, 1.165) is 5.56 Å². The number of hydrogen-bond donors (Lipinski definition) is 3. The van der Waals surface area contributed by atoms with Crippen LogP contribution in [-0.4, -0.2) is 29.4 Å². The van der Waals surface area contributed by atoms with Gasteiger partial charge in [-0.3, -0.25) is 0 Å². The van der Waals surface area contributed by atoms with Crippen LogP contribution in [0.4, 0.5) is 0 Å². The van der Waals surface area contributed by atoms with Crippen LogP contribution in [0.25, 0.3) is 0 Å². The fraction of sp³-hybridized carbons (Fsp3) is 0.200. The summed E-state index contributed by atoms with van der Waals surface area (Å²) in [5, 5.41) is 27.6. The van der Waals surface area contributed by atoms with Crippen molar-refractivity contribution in [2.75, 3.05) is 7.11 Å². The number of aromatic hydroxyl groups is 1. The molecule has 1 aromatic rings. The Morgan fingerprint density at radius 2 is 2.13 bits per heavy atom. The number of phenols is 1. The molecule has 0 aliphatic heterocycles. The summed E-state index contributed by atoms with van der Waals surface area (Å²) in [6.45, 7) is 3.58. The minimum absolute atomic E-state index is 0.0335. The maximum atomic E-state index is 9.58. The van der Waals surface area contributed by atoms with Gasteiger partial charge in [0.25, 0.3) is 0 Å². The smallest absolute Gasteiger partial charge is 0.492 e. The molecular formula is C10H13BO4. The normalized spacial score (nSPS) is 9.80. The van der Waals surface area contributed by atoms with Crippen LogP contribution in [0, 0.1) is 0 Å². The van der Waals surface area contributed by atoms with Gasteiger partial charge in [0.1, 0.15) is 0 Å². The molecule has 0 radical (unpaired) electrons. The first-order valence-electron chi connectivity index (χ1n) is 4.47. The average Bonchev–Trinajstić information content (AvgIpc) is 2.20. The van der Waals surface area contributed by atoms with Gasteiger partial charge >= 0.3 is 7.12 Å². The van der Waals surface area contributed by atoms with Gasteiger partial charge in [-0.05, 0) is 18.1 Å². The van der Waals surface area contributed by atoms with Crippen LogP contribution < -0.4 is 10.2 Å². The first kappa shape index (κ1) is 11.6. The summed E-state index contributed by atoms with van der Waals surface area (Å²) in [6, 6.07) is 3.13. The summed E-state index contributed by atoms with van der Waals surface area (Å²) in [5.74, 6) is -0.0298. The monoisotopic (exact) mass is 208 g/mol. The van der Waals surface area contributed by atoms with Crippen LogP contribution in [0.1, 0.15) is 5.56 Å². The molecule has 0 bridgehead atoms. The molecule has 5 heteroatoms. The third kappa shape index (κ3) is 2.52. The van der Waals surface area contributed by atoms with Crippen molar-refractivity contribution in [3.8, 4) is 11.5 Å². The second kappa shape index (κ2) is 4.86. The summed E-state index contributed by atoms with van der Waals surface area (Å²) < 4.78 is 4.92. The zero-order valence-electron chi connectivity index (χ0n) is 8.47. The predicted molar refractivity (Wildman–Crippen MR) is 58.4 cm³/mol. The fourth-order valence-corrected chi connectivity index (χ4v) is 1.33. The van der Waals surface area contributed by atoms with Gasteiger partial charge in [-0.25, -0.2) is 0 Å². The highest BCUT2D eigenvalue weighted by atomic mass is 16.5. The van der Waals surface area contributed by atoms with E-state index in [0.29, 0.717) is 6.42 Å². The molecule has 80 valence electrons. The highest BCUT2D eigenvalue weighted by Crippen LogP contribution is 2.25. The van der Waals surface area contributed by atoms with Crippen LogP contribution in [0.5, 0.6) is 11.5 Å². The zero-order chi connectivity index (χ0) is 11.4. The second-order valence-electron chi connectivity index (χ2n) is 3.10. The summed E-state index contributed by atoms with van der Waals surface area (Å²) in [5.41, 5.74) is 0.828. The fourth-order valence-electron chi connectivity index (χ4n) is 1.33. The number of allylic oxidation sites excluding steroid dienone is 1. The lowest BCUT2D eigenvalue weighted by Gasteiger charge is -2.10. The van der Waals surface area contributed by atoms with Crippen LogP contribution >= 0.6 is 0 Å². The van der Waals surface area contributed by atoms with Crippen LogP contribution in [0.2, 0.25) is 0 Å². The van der Waals surface area contributed by atoms with Gasteiger partial charge < -0.3 is 19.9 Å². The molecule has 0 heterocycles. The predicted octanol–water partition coefficient (Wildman–Crippen LogP) is -0.191. The maximum Gasteiger partial charge on any atom is 0.492 e. The molecule has 0 fully saturated rings. The van der Waals surface area contributed by atoms with Crippen molar-refractivity contribution >= 4 is 12.6 Å². The summed E-state index contributed by atoms with van der Waals surface area (Å²) >= 11 is 0. The molecule has 1 rings (SSSR count). The van der Waals surface area contributed by atoms with E-state index in [1.807, 2.05) is 0 Å². The van der Waals surface area contributed by atoms with Gasteiger partial charge in [-0.2, -0.15) is 0 Å². The van der Waals surface area contributed by atoms with E-state index < -0.39 is 7.12 Å². The molecule has 0 saturated carbocycles. The lowest BCUT2D eigenvalue weighted by molar-refractivity contribution is 0.371.